The third-order valence-corrected chi connectivity index (χ3v) is 2.62. The largest absolute Gasteiger partial charge is 0.357 e. The first-order chi connectivity index (χ1) is 6.20. The standard InChI is InChI=1S/C10H11BrN2/c1-6-2-8(11)3-7-4-9(5-12)13-10(6)7/h2-4,13H,5,12H2,1H3. The summed E-state index contributed by atoms with van der Waals surface area (Å²) in [5, 5.41) is 1.22. The van der Waals surface area contributed by atoms with E-state index in [4.69, 9.17) is 5.73 Å². The Bertz CT molecular complexity index is 445. The van der Waals surface area contributed by atoms with Gasteiger partial charge in [0.25, 0.3) is 0 Å². The van der Waals surface area contributed by atoms with Gasteiger partial charge in [-0.05, 0) is 30.7 Å². The molecule has 1 aromatic carbocycles. The van der Waals surface area contributed by atoms with Crippen LogP contribution in [-0.2, 0) is 6.54 Å². The number of nitrogens with one attached hydrogen (secondary N) is 1. The Labute approximate surface area is 85.3 Å². The molecule has 0 fully saturated rings. The van der Waals surface area contributed by atoms with E-state index in [9.17, 15) is 0 Å². The van der Waals surface area contributed by atoms with Gasteiger partial charge in [-0.2, -0.15) is 0 Å². The second kappa shape index (κ2) is 3.16. The molecule has 2 nitrogen and oxygen atoms in total. The molecule has 0 radical (unpaired) electrons. The summed E-state index contributed by atoms with van der Waals surface area (Å²) < 4.78 is 1.11. The molecule has 13 heavy (non-hydrogen) atoms. The average Bonchev–Trinajstić information content (AvgIpc) is 2.47. The van der Waals surface area contributed by atoms with Crippen molar-refractivity contribution < 1.29 is 0 Å². The van der Waals surface area contributed by atoms with Gasteiger partial charge in [0.1, 0.15) is 0 Å². The lowest BCUT2D eigenvalue weighted by molar-refractivity contribution is 1.02. The van der Waals surface area contributed by atoms with Gasteiger partial charge in [0, 0.05) is 27.6 Å². The minimum atomic E-state index is 0.561. The van der Waals surface area contributed by atoms with E-state index in [1.54, 1.807) is 0 Å². The zero-order chi connectivity index (χ0) is 9.42. The molecule has 0 saturated heterocycles. The normalized spacial score (nSPS) is 11.0. The predicted molar refractivity (Wildman–Crippen MR) is 58.6 cm³/mol. The van der Waals surface area contributed by atoms with Crippen LogP contribution in [0.15, 0.2) is 22.7 Å². The van der Waals surface area contributed by atoms with Crippen molar-refractivity contribution in [3.63, 3.8) is 0 Å². The van der Waals surface area contributed by atoms with Crippen molar-refractivity contribution >= 4 is 26.8 Å². The van der Waals surface area contributed by atoms with E-state index in [1.165, 1.54) is 16.5 Å². The summed E-state index contributed by atoms with van der Waals surface area (Å²) >= 11 is 3.47. The molecule has 0 aliphatic rings. The number of benzene rings is 1. The molecule has 1 aromatic heterocycles. The zero-order valence-electron chi connectivity index (χ0n) is 7.39. The van der Waals surface area contributed by atoms with Gasteiger partial charge in [-0.1, -0.05) is 15.9 Å². The van der Waals surface area contributed by atoms with Gasteiger partial charge in [-0.3, -0.25) is 0 Å². The van der Waals surface area contributed by atoms with Crippen LogP contribution in [0.2, 0.25) is 0 Å². The molecule has 68 valence electrons. The number of hydrogen-bond donors (Lipinski definition) is 2. The molecule has 0 bridgehead atoms. The van der Waals surface area contributed by atoms with E-state index in [0.717, 1.165) is 10.2 Å². The monoisotopic (exact) mass is 238 g/mol. The van der Waals surface area contributed by atoms with Crippen LogP contribution in [0.3, 0.4) is 0 Å². The van der Waals surface area contributed by atoms with Crippen LogP contribution in [0.5, 0.6) is 0 Å². The maximum Gasteiger partial charge on any atom is 0.0486 e. The Hall–Kier alpha value is -0.800. The lowest BCUT2D eigenvalue weighted by Gasteiger charge is -1.96. The molecule has 0 amide bonds. The molecule has 0 aliphatic carbocycles. The van der Waals surface area contributed by atoms with Crippen LogP contribution >= 0.6 is 15.9 Å². The van der Waals surface area contributed by atoms with Crippen molar-refractivity contribution in [2.45, 2.75) is 13.5 Å². The van der Waals surface area contributed by atoms with Crippen LogP contribution in [0, 0.1) is 6.92 Å². The van der Waals surface area contributed by atoms with Crippen LogP contribution in [0.25, 0.3) is 10.9 Å². The molecule has 0 spiro atoms. The number of rotatable bonds is 1. The fraction of sp³-hybridized carbons (Fsp3) is 0.200. The second-order valence-corrected chi connectivity index (χ2v) is 4.10. The highest BCUT2D eigenvalue weighted by molar-refractivity contribution is 9.10. The lowest BCUT2D eigenvalue weighted by Crippen LogP contribution is -1.95. The number of aryl methyl sites for hydroxylation is 1. The van der Waals surface area contributed by atoms with Gasteiger partial charge >= 0.3 is 0 Å². The fourth-order valence-electron chi connectivity index (χ4n) is 1.55. The molecular formula is C10H11BrN2. The topological polar surface area (TPSA) is 41.8 Å². The van der Waals surface area contributed by atoms with E-state index in [-0.39, 0.29) is 0 Å². The maximum atomic E-state index is 5.56. The van der Waals surface area contributed by atoms with E-state index in [0.29, 0.717) is 6.54 Å². The van der Waals surface area contributed by atoms with Gasteiger partial charge in [0.15, 0.2) is 0 Å². The third kappa shape index (κ3) is 1.49. The first-order valence-electron chi connectivity index (χ1n) is 4.18. The number of hydrogen-bond acceptors (Lipinski definition) is 1. The number of fused-ring (bicyclic) bond motifs is 1. The van der Waals surface area contributed by atoms with Gasteiger partial charge in [0.05, 0.1) is 0 Å². The Morgan fingerprint density at radius 1 is 1.38 bits per heavy atom. The molecule has 2 aromatic rings. The smallest absolute Gasteiger partial charge is 0.0486 e. The summed E-state index contributed by atoms with van der Waals surface area (Å²) in [5.74, 6) is 0. The molecular weight excluding hydrogens is 228 g/mol. The summed E-state index contributed by atoms with van der Waals surface area (Å²) in [7, 11) is 0. The minimum Gasteiger partial charge on any atom is -0.357 e. The Morgan fingerprint density at radius 2 is 2.15 bits per heavy atom. The summed E-state index contributed by atoms with van der Waals surface area (Å²) in [4.78, 5) is 3.29. The number of H-pyrrole nitrogens is 1. The number of nitrogens with two attached hydrogens (primary N) is 1. The quantitative estimate of drug-likeness (QED) is 0.789. The molecule has 3 heteroatoms. The van der Waals surface area contributed by atoms with Crippen molar-refractivity contribution in [2.24, 2.45) is 5.73 Å². The van der Waals surface area contributed by atoms with Crippen molar-refractivity contribution in [3.05, 3.63) is 33.9 Å². The van der Waals surface area contributed by atoms with Crippen LogP contribution in [0.1, 0.15) is 11.3 Å². The lowest BCUT2D eigenvalue weighted by atomic mass is 10.2. The zero-order valence-corrected chi connectivity index (χ0v) is 8.98. The Balaban J connectivity index is 2.75. The predicted octanol–water partition coefficient (Wildman–Crippen LogP) is 2.70. The summed E-state index contributed by atoms with van der Waals surface area (Å²) in [6.07, 6.45) is 0. The first-order valence-corrected chi connectivity index (χ1v) is 4.98. The van der Waals surface area contributed by atoms with Gasteiger partial charge in [-0.15, -0.1) is 0 Å². The Kier molecular flexibility index (Phi) is 2.14. The van der Waals surface area contributed by atoms with E-state index >= 15 is 0 Å². The SMILES string of the molecule is Cc1cc(Br)cc2cc(CN)[nH]c12. The van der Waals surface area contributed by atoms with Crippen molar-refractivity contribution in [1.82, 2.24) is 4.98 Å². The number of aromatic amines is 1. The summed E-state index contributed by atoms with van der Waals surface area (Å²) in [6, 6.07) is 6.28. The maximum absolute atomic E-state index is 5.56. The van der Waals surface area contributed by atoms with Crippen LogP contribution in [0.4, 0.5) is 0 Å². The van der Waals surface area contributed by atoms with E-state index < -0.39 is 0 Å². The summed E-state index contributed by atoms with van der Waals surface area (Å²) in [6.45, 7) is 2.65. The van der Waals surface area contributed by atoms with E-state index in [2.05, 4.69) is 46.0 Å². The molecule has 1 heterocycles. The second-order valence-electron chi connectivity index (χ2n) is 3.19. The van der Waals surface area contributed by atoms with Gasteiger partial charge in [0.2, 0.25) is 0 Å². The van der Waals surface area contributed by atoms with Gasteiger partial charge in [-0.25, -0.2) is 0 Å². The molecule has 0 atom stereocenters. The summed E-state index contributed by atoms with van der Waals surface area (Å²) in [5.41, 5.74) is 9.06. The van der Waals surface area contributed by atoms with Crippen molar-refractivity contribution in [3.8, 4) is 0 Å². The molecule has 0 unspecified atom stereocenters. The first kappa shape index (κ1) is 8.78. The fourth-order valence-corrected chi connectivity index (χ4v) is 2.14. The highest BCUT2D eigenvalue weighted by Gasteiger charge is 2.02. The Morgan fingerprint density at radius 3 is 2.85 bits per heavy atom. The van der Waals surface area contributed by atoms with Crippen molar-refractivity contribution in [1.29, 1.82) is 0 Å². The molecule has 0 aliphatic heterocycles. The highest BCUT2D eigenvalue weighted by atomic mass is 79.9. The third-order valence-electron chi connectivity index (χ3n) is 2.17. The highest BCUT2D eigenvalue weighted by Crippen LogP contribution is 2.24. The number of aromatic nitrogens is 1. The minimum absolute atomic E-state index is 0.561. The van der Waals surface area contributed by atoms with Crippen molar-refractivity contribution in [2.75, 3.05) is 0 Å². The molecule has 0 saturated carbocycles. The van der Waals surface area contributed by atoms with Gasteiger partial charge < -0.3 is 10.7 Å². The van der Waals surface area contributed by atoms with E-state index in [1.807, 2.05) is 0 Å². The van der Waals surface area contributed by atoms with Crippen LogP contribution in [-0.4, -0.2) is 4.98 Å². The van der Waals surface area contributed by atoms with Crippen LogP contribution < -0.4 is 5.73 Å². The number of halogens is 1. The molecule has 3 N–H and O–H groups in total. The average molecular weight is 239 g/mol. The molecule has 2 rings (SSSR count).